The van der Waals surface area contributed by atoms with Crippen LogP contribution >= 0.6 is 11.6 Å². The molecule has 2 heterocycles. The summed E-state index contributed by atoms with van der Waals surface area (Å²) >= 11 is 5.86. The molecule has 0 saturated carbocycles. The molecule has 1 aliphatic heterocycles. The molecule has 5 heteroatoms. The summed E-state index contributed by atoms with van der Waals surface area (Å²) in [6.45, 7) is 2.68. The van der Waals surface area contributed by atoms with Gasteiger partial charge >= 0.3 is 0 Å². The number of nitrogens with zero attached hydrogens (tertiary/aromatic N) is 3. The third-order valence-corrected chi connectivity index (χ3v) is 3.32. The third-order valence-electron chi connectivity index (χ3n) is 3.07. The minimum atomic E-state index is 0.610. The van der Waals surface area contributed by atoms with E-state index in [-0.39, 0.29) is 0 Å². The molecule has 1 aromatic carbocycles. The zero-order valence-electron chi connectivity index (χ0n) is 10.4. The molecule has 0 bridgehead atoms. The summed E-state index contributed by atoms with van der Waals surface area (Å²) < 4.78 is 5.29. The van der Waals surface area contributed by atoms with Gasteiger partial charge in [0.25, 0.3) is 0 Å². The summed E-state index contributed by atoms with van der Waals surface area (Å²) in [5, 5.41) is 4.71. The minimum Gasteiger partial charge on any atom is -0.338 e. The van der Waals surface area contributed by atoms with Crippen molar-refractivity contribution in [3.63, 3.8) is 0 Å². The lowest BCUT2D eigenvalue weighted by molar-refractivity contribution is 0.243. The van der Waals surface area contributed by atoms with E-state index >= 15 is 0 Å². The Morgan fingerprint density at radius 3 is 2.79 bits per heavy atom. The summed E-state index contributed by atoms with van der Waals surface area (Å²) in [5.41, 5.74) is 0.915. The fourth-order valence-electron chi connectivity index (χ4n) is 2.06. The van der Waals surface area contributed by atoms with Crippen LogP contribution in [0.1, 0.15) is 12.3 Å². The predicted octanol–water partition coefficient (Wildman–Crippen LogP) is 3.15. The van der Waals surface area contributed by atoms with Gasteiger partial charge in [0, 0.05) is 23.7 Å². The highest BCUT2D eigenvalue weighted by Crippen LogP contribution is 2.19. The highest BCUT2D eigenvalue weighted by atomic mass is 35.5. The molecule has 1 aliphatic rings. The Bertz CT molecular complexity index is 577. The average molecular weight is 276 g/mol. The SMILES string of the molecule is Clc1ccc(-c2noc(CN3CC=CCC3)n2)cc1. The number of halogens is 1. The van der Waals surface area contributed by atoms with E-state index in [0.717, 1.165) is 25.1 Å². The summed E-state index contributed by atoms with van der Waals surface area (Å²) in [7, 11) is 0. The molecule has 3 rings (SSSR count). The molecular weight excluding hydrogens is 262 g/mol. The maximum atomic E-state index is 5.86. The number of hydrogen-bond acceptors (Lipinski definition) is 4. The van der Waals surface area contributed by atoms with Gasteiger partial charge in [0.1, 0.15) is 0 Å². The largest absolute Gasteiger partial charge is 0.338 e. The van der Waals surface area contributed by atoms with Crippen molar-refractivity contribution in [2.45, 2.75) is 13.0 Å². The van der Waals surface area contributed by atoms with E-state index in [0.29, 0.717) is 23.3 Å². The van der Waals surface area contributed by atoms with Crippen molar-refractivity contribution in [3.8, 4) is 11.4 Å². The van der Waals surface area contributed by atoms with E-state index in [2.05, 4.69) is 27.2 Å². The van der Waals surface area contributed by atoms with E-state index in [1.807, 2.05) is 24.3 Å². The molecule has 0 amide bonds. The highest BCUT2D eigenvalue weighted by molar-refractivity contribution is 6.30. The first-order chi connectivity index (χ1) is 9.31. The minimum absolute atomic E-state index is 0.610. The number of benzene rings is 1. The second kappa shape index (κ2) is 5.55. The van der Waals surface area contributed by atoms with Gasteiger partial charge in [0.05, 0.1) is 6.54 Å². The number of rotatable bonds is 3. The summed E-state index contributed by atoms with van der Waals surface area (Å²) in [4.78, 5) is 6.69. The molecule has 0 N–H and O–H groups in total. The topological polar surface area (TPSA) is 42.2 Å². The van der Waals surface area contributed by atoms with Crippen LogP contribution in [-0.4, -0.2) is 28.1 Å². The molecule has 0 radical (unpaired) electrons. The van der Waals surface area contributed by atoms with Crippen LogP contribution in [0, 0.1) is 0 Å². The van der Waals surface area contributed by atoms with Gasteiger partial charge in [-0.3, -0.25) is 4.90 Å². The van der Waals surface area contributed by atoms with Crippen LogP contribution in [-0.2, 0) is 6.54 Å². The number of hydrogen-bond donors (Lipinski definition) is 0. The van der Waals surface area contributed by atoms with E-state index in [1.165, 1.54) is 0 Å². The third kappa shape index (κ3) is 3.03. The van der Waals surface area contributed by atoms with Crippen molar-refractivity contribution in [1.82, 2.24) is 15.0 Å². The Balaban J connectivity index is 1.72. The molecular formula is C14H14ClN3O. The standard InChI is InChI=1S/C14H14ClN3O/c15-12-6-4-11(5-7-12)14-16-13(19-17-14)10-18-8-2-1-3-9-18/h1-2,4-7H,3,8-10H2. The van der Waals surface area contributed by atoms with Gasteiger partial charge < -0.3 is 4.52 Å². The highest BCUT2D eigenvalue weighted by Gasteiger charge is 2.13. The van der Waals surface area contributed by atoms with Gasteiger partial charge in [-0.05, 0) is 30.7 Å². The van der Waals surface area contributed by atoms with Gasteiger partial charge in [-0.15, -0.1) is 0 Å². The van der Waals surface area contributed by atoms with Crippen LogP contribution in [0.15, 0.2) is 40.9 Å². The lowest BCUT2D eigenvalue weighted by Gasteiger charge is -2.20. The first kappa shape index (κ1) is 12.4. The van der Waals surface area contributed by atoms with Crippen molar-refractivity contribution >= 4 is 11.6 Å². The zero-order chi connectivity index (χ0) is 13.1. The van der Waals surface area contributed by atoms with Crippen LogP contribution in [0.2, 0.25) is 5.02 Å². The quantitative estimate of drug-likeness (QED) is 0.807. The average Bonchev–Trinajstić information content (AvgIpc) is 2.89. The molecule has 0 fully saturated rings. The van der Waals surface area contributed by atoms with E-state index in [9.17, 15) is 0 Å². The molecule has 1 aromatic heterocycles. The van der Waals surface area contributed by atoms with Crippen LogP contribution in [0.3, 0.4) is 0 Å². The first-order valence-corrected chi connectivity index (χ1v) is 6.65. The second-order valence-corrected chi connectivity index (χ2v) is 4.95. The Kier molecular flexibility index (Phi) is 3.62. The number of aromatic nitrogens is 2. The molecule has 2 aromatic rings. The van der Waals surface area contributed by atoms with Gasteiger partial charge in [-0.2, -0.15) is 4.98 Å². The predicted molar refractivity (Wildman–Crippen MR) is 73.8 cm³/mol. The summed E-state index contributed by atoms with van der Waals surface area (Å²) in [6, 6.07) is 7.42. The molecule has 98 valence electrons. The lowest BCUT2D eigenvalue weighted by atomic mass is 10.2. The first-order valence-electron chi connectivity index (χ1n) is 6.27. The van der Waals surface area contributed by atoms with E-state index < -0.39 is 0 Å². The van der Waals surface area contributed by atoms with Crippen LogP contribution < -0.4 is 0 Å². The van der Waals surface area contributed by atoms with Crippen molar-refractivity contribution in [1.29, 1.82) is 0 Å². The van der Waals surface area contributed by atoms with Crippen LogP contribution in [0.4, 0.5) is 0 Å². The van der Waals surface area contributed by atoms with Crippen molar-refractivity contribution in [2.24, 2.45) is 0 Å². The Labute approximate surface area is 116 Å². The van der Waals surface area contributed by atoms with Crippen LogP contribution in [0.25, 0.3) is 11.4 Å². The van der Waals surface area contributed by atoms with E-state index in [4.69, 9.17) is 16.1 Å². The second-order valence-electron chi connectivity index (χ2n) is 4.51. The normalized spacial score (nSPS) is 15.8. The Morgan fingerprint density at radius 2 is 2.05 bits per heavy atom. The van der Waals surface area contributed by atoms with Gasteiger partial charge in [-0.1, -0.05) is 28.9 Å². The van der Waals surface area contributed by atoms with Gasteiger partial charge in [0.2, 0.25) is 11.7 Å². The monoisotopic (exact) mass is 275 g/mol. The molecule has 0 unspecified atom stereocenters. The Morgan fingerprint density at radius 1 is 1.21 bits per heavy atom. The zero-order valence-corrected chi connectivity index (χ0v) is 11.2. The van der Waals surface area contributed by atoms with Crippen molar-refractivity contribution in [2.75, 3.05) is 13.1 Å². The lowest BCUT2D eigenvalue weighted by Crippen LogP contribution is -2.26. The van der Waals surface area contributed by atoms with Crippen LogP contribution in [0.5, 0.6) is 0 Å². The molecule has 0 aliphatic carbocycles. The van der Waals surface area contributed by atoms with Gasteiger partial charge in [-0.25, -0.2) is 0 Å². The summed E-state index contributed by atoms with van der Waals surface area (Å²) in [5.74, 6) is 1.26. The molecule has 19 heavy (non-hydrogen) atoms. The summed E-state index contributed by atoms with van der Waals surface area (Å²) in [6.07, 6.45) is 5.45. The molecule has 0 atom stereocenters. The van der Waals surface area contributed by atoms with Gasteiger partial charge in [0.15, 0.2) is 0 Å². The molecule has 4 nitrogen and oxygen atoms in total. The Hall–Kier alpha value is -1.65. The molecule has 0 saturated heterocycles. The van der Waals surface area contributed by atoms with Crippen molar-refractivity contribution < 1.29 is 4.52 Å². The maximum Gasteiger partial charge on any atom is 0.241 e. The maximum absolute atomic E-state index is 5.86. The van der Waals surface area contributed by atoms with E-state index in [1.54, 1.807) is 0 Å². The fourth-order valence-corrected chi connectivity index (χ4v) is 2.19. The molecule has 0 spiro atoms. The smallest absolute Gasteiger partial charge is 0.241 e. The fraction of sp³-hybridized carbons (Fsp3) is 0.286. The van der Waals surface area contributed by atoms with Crippen molar-refractivity contribution in [3.05, 3.63) is 47.3 Å².